The molecule has 1 fully saturated rings. The highest BCUT2D eigenvalue weighted by Gasteiger charge is 2.23. The van der Waals surface area contributed by atoms with E-state index in [9.17, 15) is 4.79 Å². The average molecular weight is 112 g/mol. The zero-order valence-electron chi connectivity index (χ0n) is 4.81. The van der Waals surface area contributed by atoms with E-state index in [1.165, 1.54) is 0 Å². The number of cyclic esters (lactones) is 1. The van der Waals surface area contributed by atoms with Gasteiger partial charge in [-0.25, -0.2) is 4.79 Å². The zero-order valence-corrected chi connectivity index (χ0v) is 4.81. The van der Waals surface area contributed by atoms with Crippen molar-refractivity contribution in [3.8, 4) is 0 Å². The summed E-state index contributed by atoms with van der Waals surface area (Å²) in [5.74, 6) is -0.0139. The summed E-state index contributed by atoms with van der Waals surface area (Å²) in [5.41, 5.74) is 0.602. The van der Waals surface area contributed by atoms with Gasteiger partial charge in [0.05, 0.1) is 6.61 Å². The summed E-state index contributed by atoms with van der Waals surface area (Å²) in [6, 6.07) is 0. The first kappa shape index (κ1) is 5.35. The van der Waals surface area contributed by atoms with Crippen molar-refractivity contribution in [2.45, 2.75) is 6.92 Å². The van der Waals surface area contributed by atoms with E-state index in [1.54, 1.807) is 0 Å². The predicted molar refractivity (Wildman–Crippen MR) is 29.3 cm³/mol. The van der Waals surface area contributed by atoms with Gasteiger partial charge in [0.2, 0.25) is 0 Å². The number of ether oxygens (including phenoxy) is 1. The van der Waals surface area contributed by atoms with Crippen molar-refractivity contribution < 1.29 is 9.53 Å². The number of esters is 1. The molecular formula is C6H8O2. The van der Waals surface area contributed by atoms with Gasteiger partial charge in [-0.3, -0.25) is 0 Å². The Balaban J connectivity index is 2.71. The van der Waals surface area contributed by atoms with Crippen LogP contribution >= 0.6 is 0 Å². The van der Waals surface area contributed by atoms with Crippen molar-refractivity contribution >= 4 is 5.97 Å². The number of carbonyl (C=O) groups excluding carboxylic acids is 1. The van der Waals surface area contributed by atoms with Crippen molar-refractivity contribution in [1.29, 1.82) is 0 Å². The third-order valence-corrected chi connectivity index (χ3v) is 1.32. The second-order valence-electron chi connectivity index (χ2n) is 2.02. The SMILES string of the molecule is C=C1C(=O)OC[C@H]1C. The molecule has 1 saturated heterocycles. The van der Waals surface area contributed by atoms with Gasteiger partial charge in [-0.15, -0.1) is 0 Å². The molecule has 2 nitrogen and oxygen atoms in total. The van der Waals surface area contributed by atoms with Crippen molar-refractivity contribution in [3.05, 3.63) is 12.2 Å². The molecule has 8 heavy (non-hydrogen) atoms. The van der Waals surface area contributed by atoms with Gasteiger partial charge in [-0.1, -0.05) is 13.5 Å². The molecule has 0 unspecified atom stereocenters. The second-order valence-corrected chi connectivity index (χ2v) is 2.02. The van der Waals surface area contributed by atoms with E-state index in [1.807, 2.05) is 6.92 Å². The minimum Gasteiger partial charge on any atom is -0.462 e. The van der Waals surface area contributed by atoms with Gasteiger partial charge >= 0.3 is 5.97 Å². The monoisotopic (exact) mass is 112 g/mol. The molecule has 0 aromatic carbocycles. The highest BCUT2D eigenvalue weighted by Crippen LogP contribution is 2.17. The minimum atomic E-state index is -0.238. The van der Waals surface area contributed by atoms with E-state index in [0.717, 1.165) is 0 Å². The molecule has 0 spiro atoms. The maximum absolute atomic E-state index is 10.5. The highest BCUT2D eigenvalue weighted by molar-refractivity contribution is 5.90. The van der Waals surface area contributed by atoms with E-state index in [0.29, 0.717) is 12.2 Å². The Morgan fingerprint density at radius 1 is 1.88 bits per heavy atom. The molecular weight excluding hydrogens is 104 g/mol. The predicted octanol–water partition coefficient (Wildman–Crippen LogP) is 0.735. The lowest BCUT2D eigenvalue weighted by molar-refractivity contribution is -0.135. The van der Waals surface area contributed by atoms with Gasteiger partial charge < -0.3 is 4.74 Å². The summed E-state index contributed by atoms with van der Waals surface area (Å²) in [6.45, 7) is 5.98. The third kappa shape index (κ3) is 0.619. The number of carbonyl (C=O) groups is 1. The maximum atomic E-state index is 10.5. The molecule has 1 rings (SSSR count). The van der Waals surface area contributed by atoms with Crippen LogP contribution in [-0.2, 0) is 9.53 Å². The lowest BCUT2D eigenvalue weighted by Crippen LogP contribution is -1.95. The molecule has 0 aliphatic carbocycles. The third-order valence-electron chi connectivity index (χ3n) is 1.32. The number of rotatable bonds is 0. The van der Waals surface area contributed by atoms with Gasteiger partial charge in [0.15, 0.2) is 0 Å². The molecule has 1 aliphatic heterocycles. The lowest BCUT2D eigenvalue weighted by Gasteiger charge is -1.90. The smallest absolute Gasteiger partial charge is 0.333 e. The van der Waals surface area contributed by atoms with Crippen LogP contribution in [-0.4, -0.2) is 12.6 Å². The molecule has 1 atom stereocenters. The van der Waals surface area contributed by atoms with Crippen LogP contribution in [0, 0.1) is 5.92 Å². The minimum absolute atomic E-state index is 0.225. The molecule has 0 bridgehead atoms. The van der Waals surface area contributed by atoms with Gasteiger partial charge in [-0.05, 0) is 0 Å². The van der Waals surface area contributed by atoms with Crippen LogP contribution in [0.2, 0.25) is 0 Å². The molecule has 0 amide bonds. The fourth-order valence-corrected chi connectivity index (χ4v) is 0.595. The maximum Gasteiger partial charge on any atom is 0.333 e. The Labute approximate surface area is 48.1 Å². The van der Waals surface area contributed by atoms with E-state index in [2.05, 4.69) is 11.3 Å². The lowest BCUT2D eigenvalue weighted by atomic mass is 10.1. The second kappa shape index (κ2) is 1.62. The summed E-state index contributed by atoms with van der Waals surface area (Å²) in [7, 11) is 0. The summed E-state index contributed by atoms with van der Waals surface area (Å²) in [6.07, 6.45) is 0. The Morgan fingerprint density at radius 2 is 2.50 bits per heavy atom. The van der Waals surface area contributed by atoms with E-state index >= 15 is 0 Å². The van der Waals surface area contributed by atoms with E-state index in [4.69, 9.17) is 0 Å². The molecule has 1 aliphatic rings. The van der Waals surface area contributed by atoms with E-state index in [-0.39, 0.29) is 11.9 Å². The standard InChI is InChI=1S/C6H8O2/c1-4-3-8-6(7)5(4)2/h4H,2-3H2,1H3/t4-/m1/s1. The largest absolute Gasteiger partial charge is 0.462 e. The van der Waals surface area contributed by atoms with Gasteiger partial charge in [-0.2, -0.15) is 0 Å². The van der Waals surface area contributed by atoms with Crippen molar-refractivity contribution in [3.63, 3.8) is 0 Å². The Hall–Kier alpha value is -0.790. The summed E-state index contributed by atoms with van der Waals surface area (Å²) in [5, 5.41) is 0. The quantitative estimate of drug-likeness (QED) is 0.341. The van der Waals surface area contributed by atoms with Crippen LogP contribution in [0.5, 0.6) is 0 Å². The van der Waals surface area contributed by atoms with Crippen LogP contribution in [0.15, 0.2) is 12.2 Å². The van der Waals surface area contributed by atoms with Crippen molar-refractivity contribution in [2.75, 3.05) is 6.61 Å². The number of hydrogen-bond donors (Lipinski definition) is 0. The van der Waals surface area contributed by atoms with Gasteiger partial charge in [0.25, 0.3) is 0 Å². The first-order chi connectivity index (χ1) is 3.72. The molecule has 2 heteroatoms. The average Bonchev–Trinajstić information content (AvgIpc) is 1.98. The van der Waals surface area contributed by atoms with Gasteiger partial charge in [0.1, 0.15) is 0 Å². The fraction of sp³-hybridized carbons (Fsp3) is 0.500. The molecule has 0 aromatic rings. The van der Waals surface area contributed by atoms with Crippen LogP contribution in [0.25, 0.3) is 0 Å². The first-order valence-electron chi connectivity index (χ1n) is 2.57. The van der Waals surface area contributed by atoms with Crippen LogP contribution in [0.1, 0.15) is 6.92 Å². The van der Waals surface area contributed by atoms with Crippen LogP contribution in [0.4, 0.5) is 0 Å². The van der Waals surface area contributed by atoms with Crippen LogP contribution < -0.4 is 0 Å². The summed E-state index contributed by atoms with van der Waals surface area (Å²) < 4.78 is 4.64. The molecule has 0 radical (unpaired) electrons. The van der Waals surface area contributed by atoms with E-state index < -0.39 is 0 Å². The Kier molecular flexibility index (Phi) is 1.08. The fourth-order valence-electron chi connectivity index (χ4n) is 0.595. The topological polar surface area (TPSA) is 26.3 Å². The molecule has 0 N–H and O–H groups in total. The molecule has 1 heterocycles. The summed E-state index contributed by atoms with van der Waals surface area (Å²) in [4.78, 5) is 10.5. The Morgan fingerprint density at radius 3 is 2.62 bits per heavy atom. The Bertz CT molecular complexity index is 137. The zero-order chi connectivity index (χ0) is 6.15. The summed E-state index contributed by atoms with van der Waals surface area (Å²) >= 11 is 0. The van der Waals surface area contributed by atoms with Crippen molar-refractivity contribution in [1.82, 2.24) is 0 Å². The molecule has 44 valence electrons. The normalized spacial score (nSPS) is 28.4. The van der Waals surface area contributed by atoms with Crippen LogP contribution in [0.3, 0.4) is 0 Å². The molecule has 0 saturated carbocycles. The molecule has 0 aromatic heterocycles. The first-order valence-corrected chi connectivity index (χ1v) is 2.57. The number of hydrogen-bond acceptors (Lipinski definition) is 2. The highest BCUT2D eigenvalue weighted by atomic mass is 16.5. The van der Waals surface area contributed by atoms with Gasteiger partial charge in [0, 0.05) is 11.5 Å². The van der Waals surface area contributed by atoms with Crippen molar-refractivity contribution in [2.24, 2.45) is 5.92 Å².